The number of nitrogens with zero attached hydrogens (tertiary/aromatic N) is 3. The van der Waals surface area contributed by atoms with Gasteiger partial charge in [0.25, 0.3) is 0 Å². The highest BCUT2D eigenvalue weighted by Crippen LogP contribution is 2.39. The highest BCUT2D eigenvalue weighted by atomic mass is 15.3. The largest absolute Gasteiger partial charge is 0.329 e. The summed E-state index contributed by atoms with van der Waals surface area (Å²) in [6.07, 6.45) is 7.85. The van der Waals surface area contributed by atoms with Crippen molar-refractivity contribution in [2.45, 2.75) is 51.0 Å². The van der Waals surface area contributed by atoms with E-state index in [2.05, 4.69) is 21.7 Å². The van der Waals surface area contributed by atoms with Crippen LogP contribution in [-0.4, -0.2) is 21.3 Å². The Hall–Kier alpha value is -0.900. The standard InChI is InChI=1S/C11H20N4/c1-2-7-15-9-13-14-10(15)11(8-12)5-3-4-6-11/h9H,2-8,12H2,1H3. The molecule has 1 aliphatic carbocycles. The van der Waals surface area contributed by atoms with Crippen molar-refractivity contribution in [3.63, 3.8) is 0 Å². The molecule has 84 valence electrons. The average molecular weight is 208 g/mol. The average Bonchev–Trinajstić information content (AvgIpc) is 2.86. The van der Waals surface area contributed by atoms with E-state index in [-0.39, 0.29) is 5.41 Å². The van der Waals surface area contributed by atoms with Crippen LogP contribution in [-0.2, 0) is 12.0 Å². The van der Waals surface area contributed by atoms with Gasteiger partial charge in [-0.15, -0.1) is 10.2 Å². The molecule has 0 amide bonds. The Bertz CT molecular complexity index is 312. The van der Waals surface area contributed by atoms with Gasteiger partial charge in [0.15, 0.2) is 0 Å². The fourth-order valence-electron chi connectivity index (χ4n) is 2.64. The highest BCUT2D eigenvalue weighted by molar-refractivity contribution is 5.11. The Labute approximate surface area is 90.9 Å². The van der Waals surface area contributed by atoms with E-state index in [1.807, 2.05) is 6.33 Å². The normalized spacial score (nSPS) is 19.6. The highest BCUT2D eigenvalue weighted by Gasteiger charge is 2.38. The molecule has 1 heterocycles. The van der Waals surface area contributed by atoms with Crippen LogP contribution in [0.3, 0.4) is 0 Å². The smallest absolute Gasteiger partial charge is 0.140 e. The minimum absolute atomic E-state index is 0.117. The van der Waals surface area contributed by atoms with Gasteiger partial charge in [-0.05, 0) is 19.3 Å². The molecule has 0 bridgehead atoms. The van der Waals surface area contributed by atoms with Crippen LogP contribution in [0.5, 0.6) is 0 Å². The van der Waals surface area contributed by atoms with Crippen molar-refractivity contribution in [2.75, 3.05) is 6.54 Å². The zero-order valence-electron chi connectivity index (χ0n) is 9.45. The second kappa shape index (κ2) is 4.31. The molecule has 2 rings (SSSR count). The summed E-state index contributed by atoms with van der Waals surface area (Å²) in [7, 11) is 0. The number of nitrogens with two attached hydrogens (primary N) is 1. The lowest BCUT2D eigenvalue weighted by Gasteiger charge is -2.26. The summed E-state index contributed by atoms with van der Waals surface area (Å²) in [5.41, 5.74) is 6.06. The van der Waals surface area contributed by atoms with Crippen LogP contribution >= 0.6 is 0 Å². The van der Waals surface area contributed by atoms with Gasteiger partial charge in [-0.1, -0.05) is 19.8 Å². The number of aromatic nitrogens is 3. The van der Waals surface area contributed by atoms with Gasteiger partial charge in [0.2, 0.25) is 0 Å². The van der Waals surface area contributed by atoms with Gasteiger partial charge in [-0.3, -0.25) is 0 Å². The molecule has 0 spiro atoms. The van der Waals surface area contributed by atoms with Crippen molar-refractivity contribution in [3.8, 4) is 0 Å². The second-order valence-corrected chi connectivity index (χ2v) is 4.54. The maximum absolute atomic E-state index is 5.94. The molecule has 0 radical (unpaired) electrons. The summed E-state index contributed by atoms with van der Waals surface area (Å²) in [6, 6.07) is 0. The molecule has 4 heteroatoms. The molecule has 1 aliphatic rings. The lowest BCUT2D eigenvalue weighted by atomic mass is 9.85. The molecule has 1 fully saturated rings. The van der Waals surface area contributed by atoms with E-state index >= 15 is 0 Å². The van der Waals surface area contributed by atoms with Crippen LogP contribution in [0.15, 0.2) is 6.33 Å². The predicted octanol–water partition coefficient (Wildman–Crippen LogP) is 1.46. The first-order chi connectivity index (χ1) is 7.32. The molecule has 0 saturated heterocycles. The van der Waals surface area contributed by atoms with E-state index in [9.17, 15) is 0 Å². The van der Waals surface area contributed by atoms with Gasteiger partial charge in [0, 0.05) is 18.5 Å². The van der Waals surface area contributed by atoms with E-state index in [0.717, 1.165) is 18.8 Å². The molecule has 1 aromatic rings. The molecule has 0 unspecified atom stereocenters. The number of hydrogen-bond acceptors (Lipinski definition) is 3. The fraction of sp³-hybridized carbons (Fsp3) is 0.818. The Morgan fingerprint density at radius 3 is 2.80 bits per heavy atom. The summed E-state index contributed by atoms with van der Waals surface area (Å²) in [5.74, 6) is 1.12. The summed E-state index contributed by atoms with van der Waals surface area (Å²) in [6.45, 7) is 3.88. The quantitative estimate of drug-likeness (QED) is 0.815. The SMILES string of the molecule is CCCn1cnnc1C1(CN)CCCC1. The Morgan fingerprint density at radius 2 is 2.20 bits per heavy atom. The van der Waals surface area contributed by atoms with E-state index in [1.165, 1.54) is 25.7 Å². The van der Waals surface area contributed by atoms with Crippen molar-refractivity contribution in [1.82, 2.24) is 14.8 Å². The zero-order chi connectivity index (χ0) is 10.7. The van der Waals surface area contributed by atoms with Crippen LogP contribution < -0.4 is 5.73 Å². The summed E-state index contributed by atoms with van der Waals surface area (Å²) in [4.78, 5) is 0. The topological polar surface area (TPSA) is 56.7 Å². The van der Waals surface area contributed by atoms with Crippen molar-refractivity contribution in [2.24, 2.45) is 5.73 Å². The van der Waals surface area contributed by atoms with Gasteiger partial charge in [-0.25, -0.2) is 0 Å². The maximum atomic E-state index is 5.94. The Balaban J connectivity index is 2.29. The van der Waals surface area contributed by atoms with E-state index in [1.54, 1.807) is 0 Å². The van der Waals surface area contributed by atoms with Gasteiger partial charge in [-0.2, -0.15) is 0 Å². The minimum atomic E-state index is 0.117. The van der Waals surface area contributed by atoms with E-state index < -0.39 is 0 Å². The molecular weight excluding hydrogens is 188 g/mol. The zero-order valence-corrected chi connectivity index (χ0v) is 9.45. The van der Waals surface area contributed by atoms with Crippen LogP contribution in [0.25, 0.3) is 0 Å². The first kappa shape index (κ1) is 10.6. The molecule has 1 saturated carbocycles. The summed E-state index contributed by atoms with van der Waals surface area (Å²) >= 11 is 0. The van der Waals surface area contributed by atoms with Gasteiger partial charge in [0.05, 0.1) is 0 Å². The van der Waals surface area contributed by atoms with E-state index in [4.69, 9.17) is 5.73 Å². The maximum Gasteiger partial charge on any atom is 0.140 e. The van der Waals surface area contributed by atoms with Crippen LogP contribution in [0, 0.1) is 0 Å². The van der Waals surface area contributed by atoms with Gasteiger partial charge < -0.3 is 10.3 Å². The minimum Gasteiger partial charge on any atom is -0.329 e. The Morgan fingerprint density at radius 1 is 1.47 bits per heavy atom. The summed E-state index contributed by atoms with van der Waals surface area (Å²) < 4.78 is 2.18. The second-order valence-electron chi connectivity index (χ2n) is 4.54. The van der Waals surface area contributed by atoms with Crippen molar-refractivity contribution >= 4 is 0 Å². The third-order valence-electron chi connectivity index (χ3n) is 3.51. The first-order valence-corrected chi connectivity index (χ1v) is 5.91. The monoisotopic (exact) mass is 208 g/mol. The molecule has 15 heavy (non-hydrogen) atoms. The third-order valence-corrected chi connectivity index (χ3v) is 3.51. The van der Waals surface area contributed by atoms with Crippen LogP contribution in [0.2, 0.25) is 0 Å². The fourth-order valence-corrected chi connectivity index (χ4v) is 2.64. The molecule has 0 aromatic carbocycles. The third kappa shape index (κ3) is 1.78. The molecule has 0 aliphatic heterocycles. The molecule has 0 atom stereocenters. The van der Waals surface area contributed by atoms with Gasteiger partial charge >= 0.3 is 0 Å². The number of aryl methyl sites for hydroxylation is 1. The van der Waals surface area contributed by atoms with Crippen molar-refractivity contribution < 1.29 is 0 Å². The molecule has 4 nitrogen and oxygen atoms in total. The van der Waals surface area contributed by atoms with Gasteiger partial charge in [0.1, 0.15) is 12.2 Å². The Kier molecular flexibility index (Phi) is 3.05. The molecular formula is C11H20N4. The first-order valence-electron chi connectivity index (χ1n) is 5.91. The molecule has 1 aromatic heterocycles. The van der Waals surface area contributed by atoms with E-state index in [0.29, 0.717) is 6.54 Å². The van der Waals surface area contributed by atoms with Crippen LogP contribution in [0.4, 0.5) is 0 Å². The van der Waals surface area contributed by atoms with Crippen molar-refractivity contribution in [1.29, 1.82) is 0 Å². The number of rotatable bonds is 4. The predicted molar refractivity (Wildman–Crippen MR) is 59.5 cm³/mol. The summed E-state index contributed by atoms with van der Waals surface area (Å²) in [5, 5.41) is 8.33. The lowest BCUT2D eigenvalue weighted by Crippen LogP contribution is -2.35. The van der Waals surface area contributed by atoms with Crippen molar-refractivity contribution in [3.05, 3.63) is 12.2 Å². The lowest BCUT2D eigenvalue weighted by molar-refractivity contribution is 0.400. The van der Waals surface area contributed by atoms with Crippen LogP contribution in [0.1, 0.15) is 44.9 Å². The number of hydrogen-bond donors (Lipinski definition) is 1. The molecule has 2 N–H and O–H groups in total.